The van der Waals surface area contributed by atoms with Gasteiger partial charge in [-0.3, -0.25) is 0 Å². The number of hydrogen-bond donors (Lipinski definition) is 2. The minimum absolute atomic E-state index is 0. The number of rotatable bonds is 7. The molecule has 0 aromatic heterocycles. The van der Waals surface area contributed by atoms with Crippen LogP contribution in [0.5, 0.6) is 0 Å². The van der Waals surface area contributed by atoms with Crippen LogP contribution in [-0.2, 0) is 25.8 Å². The monoisotopic (exact) mass is 233 g/mol. The SMILES string of the molecule is CCCCC(O)C(C)C(O)CCC.[Sc]. The number of hydrogen-bond acceptors (Lipinski definition) is 2. The van der Waals surface area contributed by atoms with E-state index in [1.165, 1.54) is 0 Å². The van der Waals surface area contributed by atoms with Gasteiger partial charge in [0.15, 0.2) is 0 Å². The fraction of sp³-hybridized carbons (Fsp3) is 1.00. The average molecular weight is 233 g/mol. The molecule has 0 fully saturated rings. The Hall–Kier alpha value is 0.790. The van der Waals surface area contributed by atoms with Gasteiger partial charge in [-0.25, -0.2) is 0 Å². The molecular weight excluding hydrogens is 209 g/mol. The molecule has 0 aliphatic heterocycles. The molecule has 0 aromatic rings. The third-order valence-electron chi connectivity index (χ3n) is 2.65. The summed E-state index contributed by atoms with van der Waals surface area (Å²) in [5.41, 5.74) is 0. The van der Waals surface area contributed by atoms with Crippen LogP contribution < -0.4 is 0 Å². The fourth-order valence-electron chi connectivity index (χ4n) is 1.49. The predicted octanol–water partition coefficient (Wildman–Crippen LogP) is 2.33. The second-order valence-electron chi connectivity index (χ2n) is 3.92. The van der Waals surface area contributed by atoms with Crippen molar-refractivity contribution in [2.45, 2.75) is 65.1 Å². The van der Waals surface area contributed by atoms with E-state index in [1.807, 2.05) is 13.8 Å². The molecule has 0 saturated carbocycles. The molecule has 0 saturated heterocycles. The Morgan fingerprint density at radius 2 is 1.43 bits per heavy atom. The van der Waals surface area contributed by atoms with E-state index in [0.29, 0.717) is 0 Å². The van der Waals surface area contributed by atoms with Gasteiger partial charge in [-0.2, -0.15) is 0 Å². The third-order valence-corrected chi connectivity index (χ3v) is 2.65. The molecule has 0 bridgehead atoms. The van der Waals surface area contributed by atoms with Crippen LogP contribution in [0.3, 0.4) is 0 Å². The fourth-order valence-corrected chi connectivity index (χ4v) is 1.49. The van der Waals surface area contributed by atoms with E-state index in [0.717, 1.165) is 32.1 Å². The second-order valence-corrected chi connectivity index (χ2v) is 3.92. The van der Waals surface area contributed by atoms with E-state index < -0.39 is 0 Å². The van der Waals surface area contributed by atoms with Gasteiger partial charge in [0, 0.05) is 31.8 Å². The van der Waals surface area contributed by atoms with Crippen LogP contribution in [0.25, 0.3) is 0 Å². The van der Waals surface area contributed by atoms with Crippen LogP contribution in [0.4, 0.5) is 0 Å². The first-order valence-corrected chi connectivity index (χ1v) is 5.49. The van der Waals surface area contributed by atoms with Crippen molar-refractivity contribution in [1.29, 1.82) is 0 Å². The van der Waals surface area contributed by atoms with E-state index in [9.17, 15) is 10.2 Å². The molecule has 83 valence electrons. The molecule has 2 nitrogen and oxygen atoms in total. The Kier molecular flexibility index (Phi) is 12.7. The molecule has 0 aliphatic rings. The summed E-state index contributed by atoms with van der Waals surface area (Å²) in [6.45, 7) is 6.09. The van der Waals surface area contributed by atoms with Crippen LogP contribution in [0, 0.1) is 5.92 Å². The first kappa shape index (κ1) is 17.2. The Bertz CT molecular complexity index is 120. The van der Waals surface area contributed by atoms with Gasteiger partial charge in [-0.1, -0.05) is 40.0 Å². The topological polar surface area (TPSA) is 40.5 Å². The predicted molar refractivity (Wildman–Crippen MR) is 55.6 cm³/mol. The van der Waals surface area contributed by atoms with Gasteiger partial charge in [0.05, 0.1) is 12.2 Å². The molecule has 3 atom stereocenters. The quantitative estimate of drug-likeness (QED) is 0.708. The van der Waals surface area contributed by atoms with Gasteiger partial charge in [0.25, 0.3) is 0 Å². The minimum atomic E-state index is -0.336. The zero-order valence-corrected chi connectivity index (χ0v) is 11.5. The molecule has 0 heterocycles. The van der Waals surface area contributed by atoms with Crippen molar-refractivity contribution in [3.8, 4) is 0 Å². The minimum Gasteiger partial charge on any atom is -0.393 e. The smallest absolute Gasteiger partial charge is 0.0590 e. The molecule has 0 spiro atoms. The maximum absolute atomic E-state index is 9.69. The summed E-state index contributed by atoms with van der Waals surface area (Å²) in [6.07, 6.45) is 4.07. The average Bonchev–Trinajstić information content (AvgIpc) is 2.13. The number of aliphatic hydroxyl groups is 2. The zero-order chi connectivity index (χ0) is 10.3. The maximum atomic E-state index is 9.69. The summed E-state index contributed by atoms with van der Waals surface area (Å²) in [4.78, 5) is 0. The molecule has 0 aliphatic carbocycles. The molecule has 0 rings (SSSR count). The Morgan fingerprint density at radius 3 is 1.86 bits per heavy atom. The number of unbranched alkanes of at least 4 members (excludes halogenated alkanes) is 1. The first-order valence-electron chi connectivity index (χ1n) is 5.49. The molecule has 1 radical (unpaired) electrons. The van der Waals surface area contributed by atoms with Crippen molar-refractivity contribution in [1.82, 2.24) is 0 Å². The summed E-state index contributed by atoms with van der Waals surface area (Å²) in [5, 5.41) is 19.3. The van der Waals surface area contributed by atoms with Gasteiger partial charge in [-0.05, 0) is 12.8 Å². The molecule has 2 N–H and O–H groups in total. The first-order chi connectivity index (χ1) is 6.13. The van der Waals surface area contributed by atoms with Crippen LogP contribution in [-0.4, -0.2) is 22.4 Å². The van der Waals surface area contributed by atoms with Crippen LogP contribution >= 0.6 is 0 Å². The molecule has 3 heteroatoms. The Labute approximate surface area is 107 Å². The molecule has 0 aromatic carbocycles. The van der Waals surface area contributed by atoms with Gasteiger partial charge in [0.2, 0.25) is 0 Å². The van der Waals surface area contributed by atoms with Gasteiger partial charge in [0.1, 0.15) is 0 Å². The molecular formula is C11H24O2Sc. The Balaban J connectivity index is 0. The van der Waals surface area contributed by atoms with Crippen molar-refractivity contribution >= 4 is 0 Å². The van der Waals surface area contributed by atoms with Crippen molar-refractivity contribution < 1.29 is 36.1 Å². The van der Waals surface area contributed by atoms with Crippen LogP contribution in [0.15, 0.2) is 0 Å². The van der Waals surface area contributed by atoms with Crippen molar-refractivity contribution in [2.24, 2.45) is 5.92 Å². The zero-order valence-electron chi connectivity index (χ0n) is 9.74. The maximum Gasteiger partial charge on any atom is 0.0590 e. The van der Waals surface area contributed by atoms with Crippen LogP contribution in [0.2, 0.25) is 0 Å². The number of aliphatic hydroxyl groups excluding tert-OH is 2. The summed E-state index contributed by atoms with van der Waals surface area (Å²) in [6, 6.07) is 0. The van der Waals surface area contributed by atoms with E-state index in [1.54, 1.807) is 0 Å². The van der Waals surface area contributed by atoms with Crippen molar-refractivity contribution in [3.05, 3.63) is 0 Å². The van der Waals surface area contributed by atoms with Gasteiger partial charge >= 0.3 is 0 Å². The summed E-state index contributed by atoms with van der Waals surface area (Å²) in [5.74, 6) is 0.0199. The van der Waals surface area contributed by atoms with E-state index in [4.69, 9.17) is 0 Å². The van der Waals surface area contributed by atoms with Gasteiger partial charge in [-0.15, -0.1) is 0 Å². The van der Waals surface area contributed by atoms with Crippen molar-refractivity contribution in [3.63, 3.8) is 0 Å². The molecule has 3 unspecified atom stereocenters. The van der Waals surface area contributed by atoms with E-state index in [2.05, 4.69) is 6.92 Å². The Morgan fingerprint density at radius 1 is 0.929 bits per heavy atom. The van der Waals surface area contributed by atoms with Crippen LogP contribution in [0.1, 0.15) is 52.9 Å². The standard InChI is InChI=1S/C11H24O2.Sc/c1-4-6-8-11(13)9(3)10(12)7-5-2;/h9-13H,4-8H2,1-3H3;. The van der Waals surface area contributed by atoms with E-state index in [-0.39, 0.29) is 44.0 Å². The van der Waals surface area contributed by atoms with Gasteiger partial charge < -0.3 is 10.2 Å². The molecule has 14 heavy (non-hydrogen) atoms. The third kappa shape index (κ3) is 7.13. The second kappa shape index (κ2) is 10.3. The summed E-state index contributed by atoms with van der Waals surface area (Å²) in [7, 11) is 0. The van der Waals surface area contributed by atoms with E-state index >= 15 is 0 Å². The molecule has 0 amide bonds. The largest absolute Gasteiger partial charge is 0.393 e. The summed E-state index contributed by atoms with van der Waals surface area (Å²) >= 11 is 0. The van der Waals surface area contributed by atoms with Crippen molar-refractivity contribution in [2.75, 3.05) is 0 Å². The summed E-state index contributed by atoms with van der Waals surface area (Å²) < 4.78 is 0. The normalized spacial score (nSPS) is 16.9.